The van der Waals surface area contributed by atoms with Crippen molar-refractivity contribution >= 4 is 50.8 Å². The Bertz CT molecular complexity index is 1080. The second kappa shape index (κ2) is 6.99. The molecule has 0 bridgehead atoms. The summed E-state index contributed by atoms with van der Waals surface area (Å²) in [6.07, 6.45) is 0. The number of nitrogens with one attached hydrogen (secondary N) is 1. The number of halogens is 5. The smallest absolute Gasteiger partial charge is 0.330 e. The molecule has 0 spiro atoms. The van der Waals surface area contributed by atoms with Gasteiger partial charge in [0.15, 0.2) is 11.6 Å². The molecule has 3 aromatic rings. The highest BCUT2D eigenvalue weighted by Gasteiger charge is 2.25. The van der Waals surface area contributed by atoms with E-state index in [0.29, 0.717) is 0 Å². The van der Waals surface area contributed by atoms with Crippen LogP contribution in [0, 0.1) is 11.6 Å². The Morgan fingerprint density at radius 3 is 2.23 bits per heavy atom. The predicted molar refractivity (Wildman–Crippen MR) is 91.9 cm³/mol. The summed E-state index contributed by atoms with van der Waals surface area (Å²) < 4.78 is 58.2. The molecule has 0 fully saturated rings. The van der Waals surface area contributed by atoms with Crippen LogP contribution < -0.4 is 4.72 Å². The third-order valence-corrected chi connectivity index (χ3v) is 5.50. The predicted octanol–water partition coefficient (Wildman–Crippen LogP) is 4.78. The average Bonchev–Trinajstić information content (AvgIpc) is 2.96. The lowest BCUT2D eigenvalue weighted by Crippen LogP contribution is -2.14. The molecule has 6 nitrogen and oxygen atoms in total. The minimum atomic E-state index is -4.28. The van der Waals surface area contributed by atoms with Gasteiger partial charge in [0, 0.05) is 10.6 Å². The van der Waals surface area contributed by atoms with Gasteiger partial charge in [-0.05, 0) is 30.3 Å². The fourth-order valence-corrected chi connectivity index (χ4v) is 4.43. The molecule has 0 saturated carbocycles. The number of nitrogens with zero attached hydrogens (tertiary/aromatic N) is 2. The molecule has 12 heteroatoms. The van der Waals surface area contributed by atoms with Crippen LogP contribution in [-0.2, 0) is 10.0 Å². The third kappa shape index (κ3) is 3.75. The van der Waals surface area contributed by atoms with Crippen LogP contribution in [0.15, 0.2) is 39.6 Å². The van der Waals surface area contributed by atoms with Crippen molar-refractivity contribution in [2.45, 2.75) is 4.90 Å². The van der Waals surface area contributed by atoms with E-state index in [9.17, 15) is 17.2 Å². The van der Waals surface area contributed by atoms with Crippen LogP contribution in [0.25, 0.3) is 11.5 Å². The van der Waals surface area contributed by atoms with Crippen molar-refractivity contribution < 1.29 is 21.6 Å². The van der Waals surface area contributed by atoms with E-state index in [0.717, 1.165) is 12.1 Å². The molecule has 0 unspecified atom stereocenters. The van der Waals surface area contributed by atoms with Gasteiger partial charge >= 0.3 is 6.01 Å². The molecule has 0 aliphatic rings. The van der Waals surface area contributed by atoms with Gasteiger partial charge in [0.25, 0.3) is 10.0 Å². The summed E-state index contributed by atoms with van der Waals surface area (Å²) >= 11 is 17.5. The zero-order valence-electron chi connectivity index (χ0n) is 12.3. The first kappa shape index (κ1) is 18.8. The van der Waals surface area contributed by atoms with Crippen LogP contribution in [-0.4, -0.2) is 18.6 Å². The van der Waals surface area contributed by atoms with E-state index < -0.39 is 32.6 Å². The van der Waals surface area contributed by atoms with Gasteiger partial charge in [0.1, 0.15) is 4.90 Å². The molecule has 0 aliphatic carbocycles. The first-order valence-corrected chi connectivity index (χ1v) is 9.25. The topological polar surface area (TPSA) is 85.1 Å². The first-order chi connectivity index (χ1) is 12.2. The van der Waals surface area contributed by atoms with Crippen LogP contribution in [0.3, 0.4) is 0 Å². The summed E-state index contributed by atoms with van der Waals surface area (Å²) in [5, 5.41) is 6.80. The standard InChI is InChI=1S/C14H6Cl3F2N3O3S/c15-7-4-8(16)12(9(17)5-7)26(23,24)22-14-21-20-13(25-14)6-1-2-10(18)11(19)3-6/h1-5H,(H,21,22). The van der Waals surface area contributed by atoms with Crippen molar-refractivity contribution in [1.82, 2.24) is 10.2 Å². The molecule has 1 heterocycles. The molecular weight excluding hydrogens is 435 g/mol. The van der Waals surface area contributed by atoms with Crippen molar-refractivity contribution in [2.75, 3.05) is 4.72 Å². The maximum absolute atomic E-state index is 13.3. The van der Waals surface area contributed by atoms with Crippen molar-refractivity contribution in [1.29, 1.82) is 0 Å². The maximum atomic E-state index is 13.3. The van der Waals surface area contributed by atoms with Gasteiger partial charge in [0.05, 0.1) is 10.0 Å². The van der Waals surface area contributed by atoms with E-state index in [2.05, 4.69) is 10.2 Å². The van der Waals surface area contributed by atoms with E-state index in [1.807, 2.05) is 4.72 Å². The van der Waals surface area contributed by atoms with Crippen molar-refractivity contribution in [3.63, 3.8) is 0 Å². The maximum Gasteiger partial charge on any atom is 0.330 e. The summed E-state index contributed by atoms with van der Waals surface area (Å²) in [7, 11) is -4.28. The number of benzene rings is 2. The van der Waals surface area contributed by atoms with E-state index in [4.69, 9.17) is 39.2 Å². The zero-order chi connectivity index (χ0) is 19.1. The third-order valence-electron chi connectivity index (χ3n) is 3.05. The van der Waals surface area contributed by atoms with E-state index in [1.165, 1.54) is 18.2 Å². The largest absolute Gasteiger partial charge is 0.403 e. The molecule has 26 heavy (non-hydrogen) atoms. The lowest BCUT2D eigenvalue weighted by molar-refractivity contribution is 0.508. The van der Waals surface area contributed by atoms with Crippen LogP contribution >= 0.6 is 34.8 Å². The van der Waals surface area contributed by atoms with E-state index in [-0.39, 0.29) is 26.5 Å². The SMILES string of the molecule is O=S(=O)(Nc1nnc(-c2ccc(F)c(F)c2)o1)c1c(Cl)cc(Cl)cc1Cl. The molecule has 0 aliphatic heterocycles. The Morgan fingerprint density at radius 2 is 1.62 bits per heavy atom. The van der Waals surface area contributed by atoms with Gasteiger partial charge in [-0.3, -0.25) is 0 Å². The first-order valence-electron chi connectivity index (χ1n) is 6.63. The fraction of sp³-hybridized carbons (Fsp3) is 0. The molecule has 0 saturated heterocycles. The summed E-state index contributed by atoms with van der Waals surface area (Å²) in [5.74, 6) is -2.40. The molecule has 0 atom stereocenters. The van der Waals surface area contributed by atoms with Gasteiger partial charge in [-0.15, -0.1) is 5.10 Å². The highest BCUT2D eigenvalue weighted by molar-refractivity contribution is 7.93. The summed E-state index contributed by atoms with van der Waals surface area (Å²) in [6, 6.07) is 4.76. The van der Waals surface area contributed by atoms with Crippen LogP contribution in [0.2, 0.25) is 15.1 Å². The van der Waals surface area contributed by atoms with Gasteiger partial charge < -0.3 is 4.42 Å². The monoisotopic (exact) mass is 439 g/mol. The number of anilines is 1. The Morgan fingerprint density at radius 1 is 0.962 bits per heavy atom. The van der Waals surface area contributed by atoms with Gasteiger partial charge in [-0.1, -0.05) is 39.9 Å². The van der Waals surface area contributed by atoms with Crippen LogP contribution in [0.5, 0.6) is 0 Å². The normalized spacial score (nSPS) is 11.6. The summed E-state index contributed by atoms with van der Waals surface area (Å²) in [5.41, 5.74) is 0.0596. The van der Waals surface area contributed by atoms with E-state index in [1.54, 1.807) is 0 Å². The van der Waals surface area contributed by atoms with E-state index >= 15 is 0 Å². The van der Waals surface area contributed by atoms with Gasteiger partial charge in [0.2, 0.25) is 5.89 Å². The Kier molecular flexibility index (Phi) is 5.07. The summed E-state index contributed by atoms with van der Waals surface area (Å²) in [6.45, 7) is 0. The molecular formula is C14H6Cl3F2N3O3S. The molecule has 1 N–H and O–H groups in total. The molecule has 136 valence electrons. The van der Waals surface area contributed by atoms with Crippen molar-refractivity contribution in [3.05, 3.63) is 57.0 Å². The van der Waals surface area contributed by atoms with Crippen LogP contribution in [0.4, 0.5) is 14.8 Å². The molecule has 0 amide bonds. The average molecular weight is 441 g/mol. The minimum Gasteiger partial charge on any atom is -0.403 e. The minimum absolute atomic E-state index is 0.0596. The number of aromatic nitrogens is 2. The van der Waals surface area contributed by atoms with Crippen molar-refractivity contribution in [3.8, 4) is 11.5 Å². The van der Waals surface area contributed by atoms with Gasteiger partial charge in [-0.25, -0.2) is 21.9 Å². The second-order valence-electron chi connectivity index (χ2n) is 4.85. The summed E-state index contributed by atoms with van der Waals surface area (Å²) in [4.78, 5) is -0.433. The Hall–Kier alpha value is -1.94. The molecule has 1 aromatic heterocycles. The zero-order valence-corrected chi connectivity index (χ0v) is 15.4. The second-order valence-corrected chi connectivity index (χ2v) is 7.72. The number of sulfonamides is 1. The highest BCUT2D eigenvalue weighted by atomic mass is 35.5. The van der Waals surface area contributed by atoms with Crippen molar-refractivity contribution in [2.24, 2.45) is 0 Å². The Labute approximate surface area is 160 Å². The van der Waals surface area contributed by atoms with Crippen LogP contribution in [0.1, 0.15) is 0 Å². The van der Waals surface area contributed by atoms with Gasteiger partial charge in [-0.2, -0.15) is 0 Å². The lowest BCUT2D eigenvalue weighted by atomic mass is 10.2. The number of hydrogen-bond donors (Lipinski definition) is 1. The number of rotatable bonds is 4. The Balaban J connectivity index is 1.92. The number of hydrogen-bond acceptors (Lipinski definition) is 5. The molecule has 2 aromatic carbocycles. The lowest BCUT2D eigenvalue weighted by Gasteiger charge is -2.08. The quantitative estimate of drug-likeness (QED) is 0.631. The highest BCUT2D eigenvalue weighted by Crippen LogP contribution is 2.34. The molecule has 3 rings (SSSR count). The molecule has 0 radical (unpaired) electrons. The fourth-order valence-electron chi connectivity index (χ4n) is 1.96.